The van der Waals surface area contributed by atoms with Crippen molar-refractivity contribution in [1.82, 2.24) is 19.9 Å². The van der Waals surface area contributed by atoms with Crippen molar-refractivity contribution in [3.63, 3.8) is 0 Å². The van der Waals surface area contributed by atoms with Gasteiger partial charge in [-0.05, 0) is 0 Å². The minimum absolute atomic E-state index is 0. The number of aromatic amines is 2. The molecule has 0 amide bonds. The Balaban J connectivity index is -0.000000178. The van der Waals surface area contributed by atoms with Crippen LogP contribution in [-0.4, -0.2) is 42.1 Å². The molecule has 1 radical (unpaired) electrons. The molecule has 4 N–H and O–H groups in total. The molecular weight excluding hydrogens is 304 g/mol. The van der Waals surface area contributed by atoms with Crippen molar-refractivity contribution in [2.45, 2.75) is 13.8 Å². The summed E-state index contributed by atoms with van der Waals surface area (Å²) in [5.41, 5.74) is 0. The Morgan fingerprint density at radius 3 is 1.21 bits per heavy atom. The molecular formula is C10H16CuN4O4. The van der Waals surface area contributed by atoms with Crippen molar-refractivity contribution in [3.05, 3.63) is 37.4 Å². The van der Waals surface area contributed by atoms with Crippen LogP contribution in [0.25, 0.3) is 0 Å². The topological polar surface area (TPSA) is 132 Å². The second kappa shape index (κ2) is 18.3. The number of nitrogens with zero attached hydrogens (tertiary/aromatic N) is 2. The first-order chi connectivity index (χ1) is 8.46. The molecule has 0 unspecified atom stereocenters. The third-order valence-corrected chi connectivity index (χ3v) is 0.812. The van der Waals surface area contributed by atoms with E-state index >= 15 is 0 Å². The van der Waals surface area contributed by atoms with E-state index < -0.39 is 11.9 Å². The van der Waals surface area contributed by atoms with Gasteiger partial charge in [-0.1, -0.05) is 0 Å². The maximum Gasteiger partial charge on any atom is 0.300 e. The second-order valence-electron chi connectivity index (χ2n) is 2.56. The van der Waals surface area contributed by atoms with Gasteiger partial charge in [0.15, 0.2) is 0 Å². The molecule has 0 aliphatic heterocycles. The summed E-state index contributed by atoms with van der Waals surface area (Å²) in [6, 6.07) is 0. The monoisotopic (exact) mass is 319 g/mol. The third-order valence-electron chi connectivity index (χ3n) is 0.812. The van der Waals surface area contributed by atoms with Crippen LogP contribution in [0.2, 0.25) is 0 Å². The minimum Gasteiger partial charge on any atom is -0.481 e. The van der Waals surface area contributed by atoms with Crippen LogP contribution in [0.1, 0.15) is 13.8 Å². The number of carboxylic acids is 2. The van der Waals surface area contributed by atoms with E-state index in [9.17, 15) is 0 Å². The van der Waals surface area contributed by atoms with Crippen LogP contribution in [0.4, 0.5) is 0 Å². The van der Waals surface area contributed by atoms with E-state index in [2.05, 4.69) is 19.9 Å². The molecule has 0 aliphatic rings. The van der Waals surface area contributed by atoms with Gasteiger partial charge in [0.25, 0.3) is 11.9 Å². The molecule has 111 valence electrons. The average Bonchev–Trinajstić information content (AvgIpc) is 2.96. The summed E-state index contributed by atoms with van der Waals surface area (Å²) in [6.45, 7) is 2.17. The van der Waals surface area contributed by atoms with Gasteiger partial charge >= 0.3 is 0 Å². The summed E-state index contributed by atoms with van der Waals surface area (Å²) in [4.78, 5) is 30.8. The Bertz CT molecular complexity index is 297. The standard InChI is InChI=1S/2C3H4N2.2C2H4O2.Cu/c2*1-2-5-3-4-1;2*1-2(3)4;/h2*1-3H,(H,4,5);2*1H3,(H,3,4);. The van der Waals surface area contributed by atoms with E-state index in [4.69, 9.17) is 19.8 Å². The predicted octanol–water partition coefficient (Wildman–Crippen LogP) is 0.999. The van der Waals surface area contributed by atoms with E-state index in [-0.39, 0.29) is 17.1 Å². The first-order valence-electron chi connectivity index (χ1n) is 4.71. The van der Waals surface area contributed by atoms with E-state index in [0.717, 1.165) is 13.8 Å². The van der Waals surface area contributed by atoms with Crippen molar-refractivity contribution in [2.24, 2.45) is 0 Å². The zero-order valence-electron chi connectivity index (χ0n) is 10.4. The first-order valence-corrected chi connectivity index (χ1v) is 4.71. The number of aliphatic carboxylic acids is 2. The number of carboxylic acid groups (broad SMARTS) is 2. The van der Waals surface area contributed by atoms with Crippen LogP contribution < -0.4 is 0 Å². The summed E-state index contributed by atoms with van der Waals surface area (Å²) in [6.07, 6.45) is 10.2. The van der Waals surface area contributed by atoms with Crippen LogP contribution in [0.3, 0.4) is 0 Å². The number of aromatic nitrogens is 4. The molecule has 2 aromatic rings. The zero-order chi connectivity index (χ0) is 14.2. The van der Waals surface area contributed by atoms with Crippen molar-refractivity contribution in [3.8, 4) is 0 Å². The molecule has 0 fully saturated rings. The Hall–Kier alpha value is -2.12. The summed E-state index contributed by atoms with van der Waals surface area (Å²) in [5, 5.41) is 14.8. The Morgan fingerprint density at radius 2 is 1.16 bits per heavy atom. The van der Waals surface area contributed by atoms with Gasteiger partial charge in [-0.25, -0.2) is 9.97 Å². The summed E-state index contributed by atoms with van der Waals surface area (Å²) >= 11 is 0. The van der Waals surface area contributed by atoms with E-state index in [1.165, 1.54) is 0 Å². The van der Waals surface area contributed by atoms with E-state index in [0.29, 0.717) is 0 Å². The van der Waals surface area contributed by atoms with E-state index in [1.54, 1.807) is 37.4 Å². The smallest absolute Gasteiger partial charge is 0.300 e. The Labute approximate surface area is 120 Å². The van der Waals surface area contributed by atoms with Crippen molar-refractivity contribution in [1.29, 1.82) is 0 Å². The number of nitrogens with one attached hydrogen (secondary N) is 2. The van der Waals surface area contributed by atoms with Crippen LogP contribution in [0.15, 0.2) is 37.4 Å². The summed E-state index contributed by atoms with van der Waals surface area (Å²) in [7, 11) is 0. The largest absolute Gasteiger partial charge is 0.481 e. The van der Waals surface area contributed by atoms with Crippen molar-refractivity contribution in [2.75, 3.05) is 0 Å². The molecule has 0 spiro atoms. The molecule has 0 atom stereocenters. The maximum absolute atomic E-state index is 9.00. The van der Waals surface area contributed by atoms with Gasteiger partial charge in [-0.15, -0.1) is 0 Å². The van der Waals surface area contributed by atoms with Gasteiger partial charge in [-0.2, -0.15) is 0 Å². The summed E-state index contributed by atoms with van der Waals surface area (Å²) in [5.74, 6) is -1.67. The maximum atomic E-state index is 9.00. The SMILES string of the molecule is CC(=O)O.CC(=O)O.[Cu].c1c[nH]cn1.c1c[nH]cn1. The fourth-order valence-electron chi connectivity index (χ4n) is 0.430. The van der Waals surface area contributed by atoms with Gasteiger partial charge in [0, 0.05) is 55.7 Å². The van der Waals surface area contributed by atoms with Gasteiger partial charge in [-0.3, -0.25) is 9.59 Å². The molecule has 0 aromatic carbocycles. The van der Waals surface area contributed by atoms with Crippen LogP contribution >= 0.6 is 0 Å². The molecule has 9 heteroatoms. The zero-order valence-corrected chi connectivity index (χ0v) is 11.3. The van der Waals surface area contributed by atoms with Crippen LogP contribution in [-0.2, 0) is 26.7 Å². The first kappa shape index (κ1) is 22.1. The Morgan fingerprint density at radius 1 is 0.895 bits per heavy atom. The van der Waals surface area contributed by atoms with Crippen molar-refractivity contribution >= 4 is 11.9 Å². The minimum atomic E-state index is -0.833. The molecule has 8 nitrogen and oxygen atoms in total. The molecule has 2 heterocycles. The number of imidazole rings is 2. The summed E-state index contributed by atoms with van der Waals surface area (Å²) < 4.78 is 0. The fraction of sp³-hybridized carbons (Fsp3) is 0.200. The molecule has 2 aromatic heterocycles. The number of hydrogen-bond acceptors (Lipinski definition) is 4. The molecule has 0 aliphatic carbocycles. The van der Waals surface area contributed by atoms with Gasteiger partial charge < -0.3 is 20.2 Å². The number of rotatable bonds is 0. The molecule has 0 bridgehead atoms. The molecule has 19 heavy (non-hydrogen) atoms. The normalized spacial score (nSPS) is 6.84. The Kier molecular flexibility index (Phi) is 21.2. The quantitative estimate of drug-likeness (QED) is 0.535. The fourth-order valence-corrected chi connectivity index (χ4v) is 0.430. The van der Waals surface area contributed by atoms with E-state index in [1.807, 2.05) is 0 Å². The molecule has 0 saturated carbocycles. The van der Waals surface area contributed by atoms with Gasteiger partial charge in [0.2, 0.25) is 0 Å². The number of hydrogen-bond donors (Lipinski definition) is 4. The van der Waals surface area contributed by atoms with Crippen LogP contribution in [0, 0.1) is 0 Å². The second-order valence-corrected chi connectivity index (χ2v) is 2.56. The average molecular weight is 320 g/mol. The number of carbonyl (C=O) groups is 2. The molecule has 0 saturated heterocycles. The number of H-pyrrole nitrogens is 2. The van der Waals surface area contributed by atoms with Crippen molar-refractivity contribution < 1.29 is 36.9 Å². The van der Waals surface area contributed by atoms with Crippen LogP contribution in [0.5, 0.6) is 0 Å². The molecule has 2 rings (SSSR count). The predicted molar refractivity (Wildman–Crippen MR) is 63.8 cm³/mol. The van der Waals surface area contributed by atoms with Gasteiger partial charge in [0.1, 0.15) is 0 Å². The third kappa shape index (κ3) is 49.3. The van der Waals surface area contributed by atoms with Gasteiger partial charge in [0.05, 0.1) is 12.7 Å².